The number of benzene rings is 2. The minimum Gasteiger partial charge on any atom is -0.207 e. The molecular formula is C18H21NO2S. The number of nitrogens with one attached hydrogen (secondary N) is 1. The predicted molar refractivity (Wildman–Crippen MR) is 88.1 cm³/mol. The first kappa shape index (κ1) is 15.3. The third-order valence-electron chi connectivity index (χ3n) is 4.17. The number of hydrogen-bond donors (Lipinski definition) is 1. The Kier molecular flexibility index (Phi) is 4.06. The number of sulfonamides is 1. The average molecular weight is 315 g/mol. The maximum Gasteiger partial charge on any atom is 0.241 e. The first-order chi connectivity index (χ1) is 10.5. The molecule has 2 aromatic rings. The van der Waals surface area contributed by atoms with Gasteiger partial charge in [0.05, 0.1) is 4.90 Å². The number of hydrogen-bond acceptors (Lipinski definition) is 2. The van der Waals surface area contributed by atoms with E-state index in [-0.39, 0.29) is 6.04 Å². The largest absolute Gasteiger partial charge is 0.241 e. The Balaban J connectivity index is 1.94. The Morgan fingerprint density at radius 3 is 2.36 bits per heavy atom. The van der Waals surface area contributed by atoms with E-state index in [9.17, 15) is 8.42 Å². The lowest BCUT2D eigenvalue weighted by atomic mass is 10.0. The minimum atomic E-state index is -3.52. The van der Waals surface area contributed by atoms with Gasteiger partial charge >= 0.3 is 0 Å². The molecule has 3 rings (SSSR count). The van der Waals surface area contributed by atoms with Crippen molar-refractivity contribution < 1.29 is 8.42 Å². The van der Waals surface area contributed by atoms with E-state index in [1.54, 1.807) is 6.07 Å². The first-order valence-corrected chi connectivity index (χ1v) is 9.10. The summed E-state index contributed by atoms with van der Waals surface area (Å²) in [5.74, 6) is 0.405. The number of rotatable bonds is 5. The summed E-state index contributed by atoms with van der Waals surface area (Å²) >= 11 is 0. The van der Waals surface area contributed by atoms with Gasteiger partial charge in [-0.05, 0) is 55.4 Å². The zero-order valence-corrected chi connectivity index (χ0v) is 13.7. The van der Waals surface area contributed by atoms with Crippen LogP contribution in [0.5, 0.6) is 0 Å². The van der Waals surface area contributed by atoms with Gasteiger partial charge in [0.25, 0.3) is 0 Å². The summed E-state index contributed by atoms with van der Waals surface area (Å²) in [6.45, 7) is 3.75. The van der Waals surface area contributed by atoms with Gasteiger partial charge in [-0.25, -0.2) is 13.1 Å². The highest BCUT2D eigenvalue weighted by Crippen LogP contribution is 2.41. The van der Waals surface area contributed by atoms with Crippen LogP contribution in [-0.2, 0) is 10.0 Å². The van der Waals surface area contributed by atoms with Crippen molar-refractivity contribution in [2.45, 2.75) is 37.6 Å². The molecule has 3 nitrogen and oxygen atoms in total. The third-order valence-corrected chi connectivity index (χ3v) is 5.75. The van der Waals surface area contributed by atoms with Crippen LogP contribution >= 0.6 is 0 Å². The monoisotopic (exact) mass is 315 g/mol. The Morgan fingerprint density at radius 2 is 1.73 bits per heavy atom. The standard InChI is InChI=1S/C18H21NO2S/c1-13-8-9-14(2)17(12-13)22(20,21)19-18(16-10-11-16)15-6-4-3-5-7-15/h3-9,12,16,18-19H,10-11H2,1-2H3. The van der Waals surface area contributed by atoms with Crippen molar-refractivity contribution >= 4 is 10.0 Å². The molecule has 1 N–H and O–H groups in total. The van der Waals surface area contributed by atoms with Gasteiger partial charge in [0, 0.05) is 6.04 Å². The molecule has 0 bridgehead atoms. The van der Waals surface area contributed by atoms with E-state index < -0.39 is 10.0 Å². The molecule has 2 aromatic carbocycles. The summed E-state index contributed by atoms with van der Waals surface area (Å²) in [4.78, 5) is 0.383. The molecule has 1 saturated carbocycles. The van der Waals surface area contributed by atoms with Crippen molar-refractivity contribution in [2.24, 2.45) is 5.92 Å². The van der Waals surface area contributed by atoms with Gasteiger partial charge in [-0.3, -0.25) is 0 Å². The molecule has 1 fully saturated rings. The van der Waals surface area contributed by atoms with Crippen LogP contribution in [0.1, 0.15) is 35.6 Å². The zero-order chi connectivity index (χ0) is 15.7. The molecule has 0 spiro atoms. The predicted octanol–water partition coefficient (Wildman–Crippen LogP) is 3.73. The van der Waals surface area contributed by atoms with E-state index in [1.165, 1.54) is 0 Å². The Labute approximate surface area is 132 Å². The lowest BCUT2D eigenvalue weighted by molar-refractivity contribution is 0.528. The van der Waals surface area contributed by atoms with Gasteiger partial charge < -0.3 is 0 Å². The van der Waals surface area contributed by atoms with Crippen LogP contribution in [0.15, 0.2) is 53.4 Å². The summed E-state index contributed by atoms with van der Waals surface area (Å²) in [6.07, 6.45) is 2.16. The Morgan fingerprint density at radius 1 is 1.05 bits per heavy atom. The van der Waals surface area contributed by atoms with E-state index in [0.29, 0.717) is 10.8 Å². The van der Waals surface area contributed by atoms with Crippen LogP contribution in [0.25, 0.3) is 0 Å². The highest BCUT2D eigenvalue weighted by Gasteiger charge is 2.35. The fraction of sp³-hybridized carbons (Fsp3) is 0.333. The van der Waals surface area contributed by atoms with Crippen LogP contribution in [0.4, 0.5) is 0 Å². The van der Waals surface area contributed by atoms with Crippen molar-refractivity contribution in [2.75, 3.05) is 0 Å². The summed E-state index contributed by atoms with van der Waals surface area (Å²) in [7, 11) is -3.52. The second kappa shape index (κ2) is 5.86. The summed E-state index contributed by atoms with van der Waals surface area (Å²) in [5.41, 5.74) is 2.77. The summed E-state index contributed by atoms with van der Waals surface area (Å²) in [5, 5.41) is 0. The molecule has 116 valence electrons. The molecule has 0 aliphatic heterocycles. The molecule has 0 saturated heterocycles. The zero-order valence-electron chi connectivity index (χ0n) is 12.9. The summed E-state index contributed by atoms with van der Waals surface area (Å²) < 4.78 is 28.5. The van der Waals surface area contributed by atoms with E-state index in [0.717, 1.165) is 29.5 Å². The van der Waals surface area contributed by atoms with Crippen LogP contribution in [0.2, 0.25) is 0 Å². The number of aryl methyl sites for hydroxylation is 2. The fourth-order valence-corrected chi connectivity index (χ4v) is 4.38. The smallest absolute Gasteiger partial charge is 0.207 e. The second-order valence-corrected chi connectivity index (χ2v) is 7.80. The van der Waals surface area contributed by atoms with E-state index in [4.69, 9.17) is 0 Å². The van der Waals surface area contributed by atoms with Crippen molar-refractivity contribution in [3.63, 3.8) is 0 Å². The second-order valence-electron chi connectivity index (χ2n) is 6.12. The van der Waals surface area contributed by atoms with E-state index >= 15 is 0 Å². The van der Waals surface area contributed by atoms with E-state index in [1.807, 2.05) is 56.3 Å². The topological polar surface area (TPSA) is 46.2 Å². The summed E-state index contributed by atoms with van der Waals surface area (Å²) in [6, 6.07) is 15.3. The van der Waals surface area contributed by atoms with Gasteiger partial charge in [-0.15, -0.1) is 0 Å². The van der Waals surface area contributed by atoms with Crippen molar-refractivity contribution in [1.82, 2.24) is 4.72 Å². The molecule has 0 amide bonds. The molecule has 22 heavy (non-hydrogen) atoms. The van der Waals surface area contributed by atoms with Crippen molar-refractivity contribution in [3.8, 4) is 0 Å². The van der Waals surface area contributed by atoms with E-state index in [2.05, 4.69) is 4.72 Å². The van der Waals surface area contributed by atoms with Crippen molar-refractivity contribution in [3.05, 3.63) is 65.2 Å². The molecule has 1 aliphatic rings. The van der Waals surface area contributed by atoms with Gasteiger partial charge in [-0.1, -0.05) is 42.5 Å². The molecule has 0 radical (unpaired) electrons. The molecule has 1 atom stereocenters. The average Bonchev–Trinajstić information content (AvgIpc) is 3.33. The van der Waals surface area contributed by atoms with Crippen LogP contribution in [-0.4, -0.2) is 8.42 Å². The van der Waals surface area contributed by atoms with Crippen LogP contribution in [0, 0.1) is 19.8 Å². The highest BCUT2D eigenvalue weighted by molar-refractivity contribution is 7.89. The molecule has 1 unspecified atom stereocenters. The quantitative estimate of drug-likeness (QED) is 0.914. The minimum absolute atomic E-state index is 0.133. The van der Waals surface area contributed by atoms with Gasteiger partial charge in [0.2, 0.25) is 10.0 Å². The van der Waals surface area contributed by atoms with Crippen LogP contribution in [0.3, 0.4) is 0 Å². The molecule has 1 aliphatic carbocycles. The first-order valence-electron chi connectivity index (χ1n) is 7.62. The van der Waals surface area contributed by atoms with Crippen LogP contribution < -0.4 is 4.72 Å². The van der Waals surface area contributed by atoms with Gasteiger partial charge in [0.1, 0.15) is 0 Å². The Hall–Kier alpha value is -1.65. The maximum atomic E-state index is 12.8. The van der Waals surface area contributed by atoms with Crippen molar-refractivity contribution in [1.29, 1.82) is 0 Å². The molecular weight excluding hydrogens is 294 g/mol. The lowest BCUT2D eigenvalue weighted by Gasteiger charge is -2.20. The normalized spacial score (nSPS) is 16.5. The molecule has 4 heteroatoms. The SMILES string of the molecule is Cc1ccc(C)c(S(=O)(=O)NC(c2ccccc2)C2CC2)c1. The van der Waals surface area contributed by atoms with Gasteiger partial charge in [0.15, 0.2) is 0 Å². The third kappa shape index (κ3) is 3.23. The maximum absolute atomic E-state index is 12.8. The lowest BCUT2D eigenvalue weighted by Crippen LogP contribution is -2.30. The molecule has 0 aromatic heterocycles. The molecule has 0 heterocycles. The van der Waals surface area contributed by atoms with Gasteiger partial charge in [-0.2, -0.15) is 0 Å². The Bertz CT molecular complexity index is 765. The highest BCUT2D eigenvalue weighted by atomic mass is 32.2. The fourth-order valence-electron chi connectivity index (χ4n) is 2.75.